The Morgan fingerprint density at radius 3 is 2.07 bits per heavy atom. The van der Waals surface area contributed by atoms with Gasteiger partial charge in [0, 0.05) is 29.6 Å². The van der Waals surface area contributed by atoms with E-state index in [1.54, 1.807) is 12.1 Å². The summed E-state index contributed by atoms with van der Waals surface area (Å²) in [4.78, 5) is 2.52. The number of hydrogen-bond acceptors (Lipinski definition) is 3. The molecule has 0 fully saturated rings. The second-order valence-corrected chi connectivity index (χ2v) is 7.99. The summed E-state index contributed by atoms with van der Waals surface area (Å²) in [7, 11) is 0. The first-order chi connectivity index (χ1) is 12.8. The van der Waals surface area contributed by atoms with Crippen molar-refractivity contribution >= 4 is 0 Å². The molecule has 3 nitrogen and oxygen atoms in total. The van der Waals surface area contributed by atoms with Gasteiger partial charge in [0.25, 0.3) is 0 Å². The minimum Gasteiger partial charge on any atom is -0.508 e. The molecule has 2 rings (SSSR count). The lowest BCUT2D eigenvalue weighted by molar-refractivity contribution is 0.123. The van der Waals surface area contributed by atoms with E-state index in [-0.39, 0.29) is 12.5 Å². The zero-order valence-electron chi connectivity index (χ0n) is 17.6. The van der Waals surface area contributed by atoms with Crippen LogP contribution in [0.25, 0.3) is 0 Å². The first-order valence-corrected chi connectivity index (χ1v) is 10.1. The third-order valence-electron chi connectivity index (χ3n) is 5.49. The van der Waals surface area contributed by atoms with E-state index in [4.69, 9.17) is 0 Å². The van der Waals surface area contributed by atoms with Crippen molar-refractivity contribution in [2.75, 3.05) is 0 Å². The van der Waals surface area contributed by atoms with E-state index in [2.05, 4.69) is 70.7 Å². The highest BCUT2D eigenvalue weighted by Gasteiger charge is 2.23. The standard InChI is InChI=1S/C24H35NO2/c1-7-22(23-13-19(15-26)11-12-24(23)27)21-10-8-9-20(14-21)18(6)25(16(2)3)17(4)5/h8-14,16-18,22,26-27H,7,15H2,1-6H3. The number of phenols is 1. The zero-order chi connectivity index (χ0) is 20.1. The van der Waals surface area contributed by atoms with Gasteiger partial charge in [0.2, 0.25) is 0 Å². The first kappa shape index (κ1) is 21.5. The minimum atomic E-state index is -0.0154. The van der Waals surface area contributed by atoms with Crippen LogP contribution in [-0.2, 0) is 6.61 Å². The fourth-order valence-corrected chi connectivity index (χ4v) is 4.32. The van der Waals surface area contributed by atoms with E-state index in [1.165, 1.54) is 11.1 Å². The molecule has 148 valence electrons. The average Bonchev–Trinajstić information content (AvgIpc) is 2.63. The normalized spacial score (nSPS) is 14.1. The van der Waals surface area contributed by atoms with Crippen LogP contribution in [-0.4, -0.2) is 27.2 Å². The molecule has 0 saturated carbocycles. The largest absolute Gasteiger partial charge is 0.508 e. The molecule has 0 heterocycles. The van der Waals surface area contributed by atoms with Gasteiger partial charge in [-0.15, -0.1) is 0 Å². The van der Waals surface area contributed by atoms with Crippen LogP contribution in [0.4, 0.5) is 0 Å². The highest BCUT2D eigenvalue weighted by Crippen LogP contribution is 2.36. The Labute approximate surface area is 164 Å². The molecular formula is C24H35NO2. The van der Waals surface area contributed by atoms with Gasteiger partial charge in [-0.2, -0.15) is 0 Å². The predicted octanol–water partition coefficient (Wildman–Crippen LogP) is 5.61. The number of aliphatic hydroxyl groups excluding tert-OH is 1. The Balaban J connectivity index is 2.43. The third kappa shape index (κ3) is 4.91. The number of hydrogen-bond donors (Lipinski definition) is 2. The smallest absolute Gasteiger partial charge is 0.119 e. The second kappa shape index (κ2) is 9.38. The van der Waals surface area contributed by atoms with E-state index >= 15 is 0 Å². The van der Waals surface area contributed by atoms with Gasteiger partial charge in [-0.3, -0.25) is 4.90 Å². The van der Waals surface area contributed by atoms with E-state index in [0.29, 0.717) is 23.9 Å². The predicted molar refractivity (Wildman–Crippen MR) is 113 cm³/mol. The fourth-order valence-electron chi connectivity index (χ4n) is 4.32. The number of rotatable bonds is 8. The van der Waals surface area contributed by atoms with Crippen molar-refractivity contribution in [3.8, 4) is 5.75 Å². The molecule has 3 heteroatoms. The van der Waals surface area contributed by atoms with Crippen LogP contribution < -0.4 is 0 Å². The van der Waals surface area contributed by atoms with Crippen molar-refractivity contribution in [1.82, 2.24) is 4.90 Å². The summed E-state index contributed by atoms with van der Waals surface area (Å²) in [5, 5.41) is 19.9. The lowest BCUT2D eigenvalue weighted by Gasteiger charge is -2.37. The number of aromatic hydroxyl groups is 1. The molecule has 2 atom stereocenters. The Morgan fingerprint density at radius 2 is 1.52 bits per heavy atom. The quantitative estimate of drug-likeness (QED) is 0.636. The molecule has 0 radical (unpaired) electrons. The summed E-state index contributed by atoms with van der Waals surface area (Å²) >= 11 is 0. The molecule has 2 aromatic rings. The summed E-state index contributed by atoms with van der Waals surface area (Å²) in [6.45, 7) is 13.4. The van der Waals surface area contributed by atoms with Gasteiger partial charge in [0.05, 0.1) is 6.61 Å². The zero-order valence-corrected chi connectivity index (χ0v) is 17.6. The molecule has 27 heavy (non-hydrogen) atoms. The summed E-state index contributed by atoms with van der Waals surface area (Å²) in [6, 6.07) is 15.4. The minimum absolute atomic E-state index is 0.0154. The Bertz CT molecular complexity index is 731. The molecule has 0 bridgehead atoms. The summed E-state index contributed by atoms with van der Waals surface area (Å²) in [6.07, 6.45) is 0.887. The van der Waals surface area contributed by atoms with Gasteiger partial charge in [-0.1, -0.05) is 37.3 Å². The molecule has 0 amide bonds. The molecule has 2 aromatic carbocycles. The topological polar surface area (TPSA) is 43.7 Å². The monoisotopic (exact) mass is 369 g/mol. The molecule has 0 aliphatic carbocycles. The highest BCUT2D eigenvalue weighted by atomic mass is 16.3. The van der Waals surface area contributed by atoms with Gasteiger partial charge < -0.3 is 10.2 Å². The number of aliphatic hydroxyl groups is 1. The molecule has 0 aliphatic heterocycles. The maximum atomic E-state index is 10.4. The number of nitrogens with zero attached hydrogens (tertiary/aromatic N) is 1. The number of benzene rings is 2. The van der Waals surface area contributed by atoms with Crippen LogP contribution in [0.5, 0.6) is 5.75 Å². The molecule has 0 saturated heterocycles. The van der Waals surface area contributed by atoms with Crippen LogP contribution in [0.2, 0.25) is 0 Å². The van der Waals surface area contributed by atoms with E-state index < -0.39 is 0 Å². The summed E-state index contributed by atoms with van der Waals surface area (Å²) in [5.74, 6) is 0.402. The molecule has 0 spiro atoms. The highest BCUT2D eigenvalue weighted by molar-refractivity contribution is 5.44. The van der Waals surface area contributed by atoms with Crippen molar-refractivity contribution in [3.05, 3.63) is 64.7 Å². The molecule has 2 N–H and O–H groups in total. The molecule has 0 aliphatic rings. The second-order valence-electron chi connectivity index (χ2n) is 7.99. The van der Waals surface area contributed by atoms with Gasteiger partial charge in [0.1, 0.15) is 5.75 Å². The van der Waals surface area contributed by atoms with Crippen molar-refractivity contribution in [3.63, 3.8) is 0 Å². The number of phenolic OH excluding ortho intramolecular Hbond substituents is 1. The molecule has 0 aromatic heterocycles. The Hall–Kier alpha value is -1.84. The average molecular weight is 370 g/mol. The lowest BCUT2D eigenvalue weighted by Crippen LogP contribution is -2.39. The van der Waals surface area contributed by atoms with Crippen LogP contribution in [0.15, 0.2) is 42.5 Å². The van der Waals surface area contributed by atoms with Crippen LogP contribution in [0.1, 0.15) is 82.2 Å². The maximum Gasteiger partial charge on any atom is 0.119 e. The van der Waals surface area contributed by atoms with Gasteiger partial charge in [0.15, 0.2) is 0 Å². The third-order valence-corrected chi connectivity index (χ3v) is 5.49. The van der Waals surface area contributed by atoms with Crippen molar-refractivity contribution in [1.29, 1.82) is 0 Å². The van der Waals surface area contributed by atoms with Crippen molar-refractivity contribution in [2.24, 2.45) is 0 Å². The van der Waals surface area contributed by atoms with Crippen LogP contribution in [0.3, 0.4) is 0 Å². The van der Waals surface area contributed by atoms with Gasteiger partial charge >= 0.3 is 0 Å². The van der Waals surface area contributed by atoms with E-state index in [9.17, 15) is 10.2 Å². The van der Waals surface area contributed by atoms with Gasteiger partial charge in [-0.05, 0) is 69.9 Å². The maximum absolute atomic E-state index is 10.4. The Kier molecular flexibility index (Phi) is 7.46. The summed E-state index contributed by atoms with van der Waals surface area (Å²) in [5.41, 5.74) is 4.22. The van der Waals surface area contributed by atoms with E-state index in [1.807, 2.05) is 6.07 Å². The van der Waals surface area contributed by atoms with Gasteiger partial charge in [-0.25, -0.2) is 0 Å². The lowest BCUT2D eigenvalue weighted by atomic mass is 9.86. The fraction of sp³-hybridized carbons (Fsp3) is 0.500. The SMILES string of the molecule is CCC(c1cccc(C(C)N(C(C)C)C(C)C)c1)c1cc(CO)ccc1O. The van der Waals surface area contributed by atoms with Crippen molar-refractivity contribution < 1.29 is 10.2 Å². The Morgan fingerprint density at radius 1 is 0.889 bits per heavy atom. The van der Waals surface area contributed by atoms with Crippen molar-refractivity contribution in [2.45, 2.75) is 78.6 Å². The van der Waals surface area contributed by atoms with E-state index in [0.717, 1.165) is 17.5 Å². The molecular weight excluding hydrogens is 334 g/mol. The summed E-state index contributed by atoms with van der Waals surface area (Å²) < 4.78 is 0. The molecule has 2 unspecified atom stereocenters. The van der Waals surface area contributed by atoms with Crippen LogP contribution in [0, 0.1) is 0 Å². The van der Waals surface area contributed by atoms with Crippen LogP contribution >= 0.6 is 0 Å². The first-order valence-electron chi connectivity index (χ1n) is 10.1.